The highest BCUT2D eigenvalue weighted by atomic mass is 19.1. The number of piperazine rings is 1. The Morgan fingerprint density at radius 1 is 1.02 bits per heavy atom. The predicted octanol–water partition coefficient (Wildman–Crippen LogP) is 3.37. The Balaban J connectivity index is 1.05. The van der Waals surface area contributed by atoms with Gasteiger partial charge in [0.15, 0.2) is 0 Å². The molecule has 11 heteroatoms. The van der Waals surface area contributed by atoms with Crippen LogP contribution < -0.4 is 19.7 Å². The molecule has 2 saturated heterocycles. The lowest BCUT2D eigenvalue weighted by Gasteiger charge is -2.36. The second-order valence-corrected chi connectivity index (χ2v) is 11.2. The van der Waals surface area contributed by atoms with E-state index in [0.717, 1.165) is 31.9 Å². The van der Waals surface area contributed by atoms with Crippen LogP contribution in [0.3, 0.4) is 0 Å². The SMILES string of the molecule is COc1cc(N2CCN(Cc3ccc(COc4cccc5c4CN([C@H]4CCC(=O)NC4=O)C5=O)cc3F)CC2)ccc1C#N. The summed E-state index contributed by atoms with van der Waals surface area (Å²) in [4.78, 5) is 42.9. The number of nitriles is 1. The van der Waals surface area contributed by atoms with E-state index in [4.69, 9.17) is 9.47 Å². The highest BCUT2D eigenvalue weighted by Gasteiger charge is 2.40. The lowest BCUT2D eigenvalue weighted by atomic mass is 10.0. The Morgan fingerprint density at radius 3 is 2.57 bits per heavy atom. The number of benzene rings is 3. The van der Waals surface area contributed by atoms with E-state index in [-0.39, 0.29) is 43.6 Å². The largest absolute Gasteiger partial charge is 0.495 e. The minimum Gasteiger partial charge on any atom is -0.495 e. The van der Waals surface area contributed by atoms with Crippen molar-refractivity contribution < 1.29 is 28.2 Å². The number of fused-ring (bicyclic) bond motifs is 1. The van der Waals surface area contributed by atoms with Crippen molar-refractivity contribution >= 4 is 23.4 Å². The molecule has 226 valence electrons. The normalized spacial score (nSPS) is 18.6. The van der Waals surface area contributed by atoms with Crippen LogP contribution in [0.5, 0.6) is 11.5 Å². The molecule has 6 rings (SSSR count). The zero-order chi connectivity index (χ0) is 30.8. The van der Waals surface area contributed by atoms with Crippen molar-refractivity contribution in [2.75, 3.05) is 38.2 Å². The molecular formula is C33H32FN5O5. The average molecular weight is 598 g/mol. The molecular weight excluding hydrogens is 565 g/mol. The van der Waals surface area contributed by atoms with Gasteiger partial charge < -0.3 is 19.3 Å². The summed E-state index contributed by atoms with van der Waals surface area (Å²) in [5.74, 6) is -0.308. The van der Waals surface area contributed by atoms with Crippen LogP contribution in [-0.2, 0) is 29.3 Å². The number of carbonyl (C=O) groups is 3. The summed E-state index contributed by atoms with van der Waals surface area (Å²) in [6.45, 7) is 3.88. The first-order valence-electron chi connectivity index (χ1n) is 14.6. The Morgan fingerprint density at radius 2 is 1.84 bits per heavy atom. The highest BCUT2D eigenvalue weighted by Crippen LogP contribution is 2.34. The van der Waals surface area contributed by atoms with Gasteiger partial charge in [0.25, 0.3) is 5.91 Å². The molecule has 44 heavy (non-hydrogen) atoms. The summed E-state index contributed by atoms with van der Waals surface area (Å²) in [7, 11) is 1.55. The number of nitrogens with zero attached hydrogens (tertiary/aromatic N) is 4. The van der Waals surface area contributed by atoms with E-state index in [1.165, 1.54) is 11.0 Å². The van der Waals surface area contributed by atoms with Gasteiger partial charge in [0, 0.05) is 67.6 Å². The van der Waals surface area contributed by atoms with E-state index in [1.807, 2.05) is 18.2 Å². The zero-order valence-corrected chi connectivity index (χ0v) is 24.3. The maximum Gasteiger partial charge on any atom is 0.255 e. The first kappa shape index (κ1) is 29.1. The minimum atomic E-state index is -0.704. The topological polar surface area (TPSA) is 115 Å². The first-order valence-corrected chi connectivity index (χ1v) is 14.6. The van der Waals surface area contributed by atoms with Crippen LogP contribution >= 0.6 is 0 Å². The molecule has 3 heterocycles. The van der Waals surface area contributed by atoms with Gasteiger partial charge in [-0.05, 0) is 42.3 Å². The molecule has 3 aromatic carbocycles. The summed E-state index contributed by atoms with van der Waals surface area (Å²) < 4.78 is 26.6. The fourth-order valence-corrected chi connectivity index (χ4v) is 6.04. The lowest BCUT2D eigenvalue weighted by Crippen LogP contribution is -2.52. The van der Waals surface area contributed by atoms with Gasteiger partial charge in [-0.25, -0.2) is 4.39 Å². The molecule has 0 unspecified atom stereocenters. The van der Waals surface area contributed by atoms with E-state index in [0.29, 0.717) is 45.9 Å². The van der Waals surface area contributed by atoms with Crippen LogP contribution in [0.15, 0.2) is 54.6 Å². The average Bonchev–Trinajstić information content (AvgIpc) is 3.37. The fraction of sp³-hybridized carbons (Fsp3) is 0.333. The van der Waals surface area contributed by atoms with Crippen LogP contribution in [0.4, 0.5) is 10.1 Å². The van der Waals surface area contributed by atoms with Gasteiger partial charge in [0.05, 0.1) is 19.2 Å². The molecule has 3 aliphatic heterocycles. The number of anilines is 1. The van der Waals surface area contributed by atoms with Crippen molar-refractivity contribution in [3.8, 4) is 17.6 Å². The molecule has 0 radical (unpaired) electrons. The standard InChI is InChI=1S/C33H32FN5O5/c1-43-30-16-24(8-7-22(30)17-35)38-13-11-37(12-14-38)18-23-6-5-21(15-27(23)34)20-44-29-4-2-3-25-26(29)19-39(33(25)42)28-9-10-31(40)36-32(28)41/h2-8,15-16,28H,9-14,18-20H2,1H3,(H,36,40,41)/t28-/m0/s1. The third kappa shape index (κ3) is 5.81. The number of hydrogen-bond acceptors (Lipinski definition) is 8. The number of amides is 3. The maximum atomic E-state index is 15.2. The van der Waals surface area contributed by atoms with Gasteiger partial charge >= 0.3 is 0 Å². The van der Waals surface area contributed by atoms with Crippen molar-refractivity contribution in [3.05, 3.63) is 88.2 Å². The van der Waals surface area contributed by atoms with E-state index in [2.05, 4.69) is 21.2 Å². The zero-order valence-electron chi connectivity index (χ0n) is 24.3. The molecule has 0 spiro atoms. The number of carbonyl (C=O) groups excluding carboxylic acids is 3. The summed E-state index contributed by atoms with van der Waals surface area (Å²) in [5, 5.41) is 11.5. The minimum absolute atomic E-state index is 0.118. The number of methoxy groups -OCH3 is 1. The van der Waals surface area contributed by atoms with Crippen molar-refractivity contribution in [3.63, 3.8) is 0 Å². The molecule has 3 amide bonds. The monoisotopic (exact) mass is 597 g/mol. The number of ether oxygens (including phenoxy) is 2. The molecule has 0 saturated carbocycles. The molecule has 1 atom stereocenters. The van der Waals surface area contributed by atoms with Crippen molar-refractivity contribution in [1.29, 1.82) is 5.26 Å². The molecule has 1 N–H and O–H groups in total. The van der Waals surface area contributed by atoms with Crippen LogP contribution in [0.25, 0.3) is 0 Å². The molecule has 3 aliphatic rings. The fourth-order valence-electron chi connectivity index (χ4n) is 6.04. The second kappa shape index (κ2) is 12.3. The number of nitrogens with one attached hydrogen (secondary N) is 1. The molecule has 0 aliphatic carbocycles. The van der Waals surface area contributed by atoms with Crippen LogP contribution in [0.1, 0.15) is 45.5 Å². The van der Waals surface area contributed by atoms with Crippen LogP contribution in [0, 0.1) is 17.1 Å². The third-order valence-corrected chi connectivity index (χ3v) is 8.49. The Kier molecular flexibility index (Phi) is 8.17. The van der Waals surface area contributed by atoms with E-state index < -0.39 is 11.9 Å². The van der Waals surface area contributed by atoms with E-state index in [1.54, 1.807) is 37.4 Å². The maximum absolute atomic E-state index is 15.2. The van der Waals surface area contributed by atoms with Gasteiger partial charge in [-0.3, -0.25) is 24.6 Å². The third-order valence-electron chi connectivity index (χ3n) is 8.49. The van der Waals surface area contributed by atoms with Crippen LogP contribution in [0.2, 0.25) is 0 Å². The number of imide groups is 1. The first-order chi connectivity index (χ1) is 21.3. The van der Waals surface area contributed by atoms with E-state index in [9.17, 15) is 19.6 Å². The lowest BCUT2D eigenvalue weighted by molar-refractivity contribution is -0.136. The number of rotatable bonds is 8. The molecule has 10 nitrogen and oxygen atoms in total. The number of hydrogen-bond donors (Lipinski definition) is 1. The molecule has 0 aromatic heterocycles. The second-order valence-electron chi connectivity index (χ2n) is 11.2. The van der Waals surface area contributed by atoms with Gasteiger partial charge in [0.1, 0.15) is 36.0 Å². The van der Waals surface area contributed by atoms with Crippen molar-refractivity contribution in [2.24, 2.45) is 0 Å². The van der Waals surface area contributed by atoms with Gasteiger partial charge in [-0.1, -0.05) is 18.2 Å². The van der Waals surface area contributed by atoms with Gasteiger partial charge in [-0.2, -0.15) is 5.26 Å². The van der Waals surface area contributed by atoms with Crippen LogP contribution in [-0.4, -0.2) is 66.9 Å². The summed E-state index contributed by atoms with van der Waals surface area (Å²) >= 11 is 0. The molecule has 2 fully saturated rings. The summed E-state index contributed by atoms with van der Waals surface area (Å²) in [6, 6.07) is 17.3. The quantitative estimate of drug-likeness (QED) is 0.393. The summed E-state index contributed by atoms with van der Waals surface area (Å²) in [6.07, 6.45) is 0.472. The number of halogens is 1. The van der Waals surface area contributed by atoms with Crippen molar-refractivity contribution in [1.82, 2.24) is 15.1 Å². The number of piperidine rings is 1. The Labute approximate surface area is 254 Å². The Hall–Kier alpha value is -4.95. The van der Waals surface area contributed by atoms with Crippen molar-refractivity contribution in [2.45, 2.75) is 38.6 Å². The van der Waals surface area contributed by atoms with Gasteiger partial charge in [-0.15, -0.1) is 0 Å². The molecule has 3 aromatic rings. The molecule has 0 bridgehead atoms. The highest BCUT2D eigenvalue weighted by molar-refractivity contribution is 6.05. The van der Waals surface area contributed by atoms with Gasteiger partial charge in [0.2, 0.25) is 11.8 Å². The van der Waals surface area contributed by atoms with E-state index >= 15 is 4.39 Å². The smallest absolute Gasteiger partial charge is 0.255 e. The predicted molar refractivity (Wildman–Crippen MR) is 158 cm³/mol. The summed E-state index contributed by atoms with van der Waals surface area (Å²) in [5.41, 5.74) is 3.90. The Bertz CT molecular complexity index is 1660.